The molecule has 0 fully saturated rings. The van der Waals surface area contributed by atoms with Gasteiger partial charge in [0.25, 0.3) is 0 Å². The fourth-order valence-electron chi connectivity index (χ4n) is 4.14. The standard InChI is InChI=1S/C31H38ClN5O3/c1-6-8-10-21(3)20-40-28-13-12-23(15-25(28)32)35-31-22(18-33)19-34-26-17-29(39-7-2)27(16-24(26)31)36-30(38)11-9-14-37(4)5/h6,12-13,15-17,19,21H,1,7-11,14,20H2,2-5H3,(H,34,35)(H,36,38). The van der Waals surface area contributed by atoms with Crippen molar-refractivity contribution in [3.8, 4) is 17.6 Å². The van der Waals surface area contributed by atoms with Crippen molar-refractivity contribution in [1.82, 2.24) is 9.88 Å². The predicted molar refractivity (Wildman–Crippen MR) is 163 cm³/mol. The van der Waals surface area contributed by atoms with Gasteiger partial charge in [-0.3, -0.25) is 9.78 Å². The molecule has 0 aliphatic heterocycles. The van der Waals surface area contributed by atoms with Crippen LogP contribution in [0.1, 0.15) is 45.1 Å². The summed E-state index contributed by atoms with van der Waals surface area (Å²) in [6.07, 6.45) is 6.47. The number of hydrogen-bond donors (Lipinski definition) is 2. The number of fused-ring (bicyclic) bond motifs is 1. The third-order valence-electron chi connectivity index (χ3n) is 6.26. The Bertz CT molecular complexity index is 1370. The largest absolute Gasteiger partial charge is 0.492 e. The number of amides is 1. The van der Waals surface area contributed by atoms with Gasteiger partial charge in [-0.2, -0.15) is 5.26 Å². The minimum Gasteiger partial charge on any atom is -0.492 e. The highest BCUT2D eigenvalue weighted by Crippen LogP contribution is 2.37. The lowest BCUT2D eigenvalue weighted by atomic mass is 10.1. The van der Waals surface area contributed by atoms with Gasteiger partial charge in [0.2, 0.25) is 5.91 Å². The Balaban J connectivity index is 1.90. The number of carbonyl (C=O) groups excluding carboxylic acids is 1. The molecule has 0 spiro atoms. The zero-order valence-corrected chi connectivity index (χ0v) is 24.5. The van der Waals surface area contributed by atoms with Crippen LogP contribution in [0.15, 0.2) is 49.2 Å². The van der Waals surface area contributed by atoms with Gasteiger partial charge >= 0.3 is 0 Å². The number of pyridine rings is 1. The fourth-order valence-corrected chi connectivity index (χ4v) is 4.37. The van der Waals surface area contributed by atoms with Crippen LogP contribution in [0, 0.1) is 17.2 Å². The fraction of sp³-hybridized carbons (Fsp3) is 0.387. The molecule has 2 aromatic carbocycles. The van der Waals surface area contributed by atoms with Gasteiger partial charge in [-0.15, -0.1) is 6.58 Å². The summed E-state index contributed by atoms with van der Waals surface area (Å²) in [6.45, 7) is 9.57. The van der Waals surface area contributed by atoms with Crippen LogP contribution < -0.4 is 20.1 Å². The van der Waals surface area contributed by atoms with E-state index in [0.29, 0.717) is 75.6 Å². The second-order valence-corrected chi connectivity index (χ2v) is 10.4. The summed E-state index contributed by atoms with van der Waals surface area (Å²) >= 11 is 6.55. The number of nitrogens with one attached hydrogen (secondary N) is 2. The first-order valence-electron chi connectivity index (χ1n) is 13.5. The van der Waals surface area contributed by atoms with E-state index in [4.69, 9.17) is 21.1 Å². The first-order valence-corrected chi connectivity index (χ1v) is 13.9. The number of benzene rings is 2. The quantitative estimate of drug-likeness (QED) is 0.189. The summed E-state index contributed by atoms with van der Waals surface area (Å²) < 4.78 is 11.7. The predicted octanol–water partition coefficient (Wildman–Crippen LogP) is 7.16. The number of anilines is 3. The number of halogens is 1. The topological polar surface area (TPSA) is 99.5 Å². The maximum absolute atomic E-state index is 12.7. The van der Waals surface area contributed by atoms with Crippen LogP contribution in [0.5, 0.6) is 11.5 Å². The summed E-state index contributed by atoms with van der Waals surface area (Å²) in [5.74, 6) is 1.38. The van der Waals surface area contributed by atoms with E-state index < -0.39 is 0 Å². The smallest absolute Gasteiger partial charge is 0.224 e. The van der Waals surface area contributed by atoms with E-state index in [9.17, 15) is 10.1 Å². The van der Waals surface area contributed by atoms with E-state index in [-0.39, 0.29) is 5.91 Å². The van der Waals surface area contributed by atoms with Gasteiger partial charge in [0.1, 0.15) is 17.6 Å². The van der Waals surface area contributed by atoms with Crippen molar-refractivity contribution in [3.05, 3.63) is 59.8 Å². The van der Waals surface area contributed by atoms with Gasteiger partial charge in [0, 0.05) is 29.8 Å². The molecule has 0 saturated carbocycles. The van der Waals surface area contributed by atoms with Crippen LogP contribution in [0.25, 0.3) is 10.9 Å². The molecule has 212 valence electrons. The number of ether oxygens (including phenoxy) is 2. The third kappa shape index (κ3) is 8.60. The zero-order valence-electron chi connectivity index (χ0n) is 23.7. The van der Waals surface area contributed by atoms with E-state index in [1.165, 1.54) is 6.20 Å². The highest BCUT2D eigenvalue weighted by atomic mass is 35.5. The Labute approximate surface area is 241 Å². The molecular weight excluding hydrogens is 526 g/mol. The number of rotatable bonds is 15. The molecule has 0 radical (unpaired) electrons. The van der Waals surface area contributed by atoms with E-state index in [1.807, 2.05) is 44.1 Å². The number of allylic oxidation sites excluding steroid dienone is 1. The molecule has 0 bridgehead atoms. The highest BCUT2D eigenvalue weighted by Gasteiger charge is 2.16. The Morgan fingerprint density at radius 1 is 1.25 bits per heavy atom. The molecule has 2 N–H and O–H groups in total. The van der Waals surface area contributed by atoms with E-state index >= 15 is 0 Å². The van der Waals surface area contributed by atoms with Crippen molar-refractivity contribution < 1.29 is 14.3 Å². The van der Waals surface area contributed by atoms with Crippen molar-refractivity contribution in [2.45, 2.75) is 39.5 Å². The van der Waals surface area contributed by atoms with Crippen LogP contribution in [-0.4, -0.2) is 49.6 Å². The second kappa shape index (κ2) is 15.1. The highest BCUT2D eigenvalue weighted by molar-refractivity contribution is 6.32. The Morgan fingerprint density at radius 2 is 2.05 bits per heavy atom. The average Bonchev–Trinajstić information content (AvgIpc) is 2.92. The first-order chi connectivity index (χ1) is 19.2. The van der Waals surface area contributed by atoms with Crippen LogP contribution >= 0.6 is 11.6 Å². The van der Waals surface area contributed by atoms with Crippen LogP contribution in [0.4, 0.5) is 17.1 Å². The monoisotopic (exact) mass is 563 g/mol. The van der Waals surface area contributed by atoms with Gasteiger partial charge in [0.05, 0.1) is 40.7 Å². The first kappa shape index (κ1) is 30.7. The Morgan fingerprint density at radius 3 is 2.73 bits per heavy atom. The average molecular weight is 564 g/mol. The number of nitriles is 1. The molecule has 1 amide bonds. The van der Waals surface area contributed by atoms with Gasteiger partial charge in [-0.1, -0.05) is 24.6 Å². The SMILES string of the molecule is C=CCCC(C)COc1ccc(Nc2c(C#N)cnc3cc(OCC)c(NC(=O)CCCN(C)C)cc23)cc1Cl. The normalized spacial score (nSPS) is 11.6. The van der Waals surface area contributed by atoms with E-state index in [1.54, 1.807) is 18.2 Å². The van der Waals surface area contributed by atoms with Gasteiger partial charge in [0.15, 0.2) is 0 Å². The summed E-state index contributed by atoms with van der Waals surface area (Å²) in [7, 11) is 3.95. The number of hydrogen-bond acceptors (Lipinski definition) is 7. The molecule has 9 heteroatoms. The van der Waals surface area contributed by atoms with Crippen LogP contribution in [0.2, 0.25) is 5.02 Å². The molecule has 1 aromatic heterocycles. The molecule has 1 unspecified atom stereocenters. The lowest BCUT2D eigenvalue weighted by Crippen LogP contribution is -2.17. The summed E-state index contributed by atoms with van der Waals surface area (Å²) in [4.78, 5) is 19.2. The third-order valence-corrected chi connectivity index (χ3v) is 6.56. The van der Waals surface area contributed by atoms with Crippen molar-refractivity contribution in [2.75, 3.05) is 44.5 Å². The minimum absolute atomic E-state index is 0.109. The Hall–Kier alpha value is -3.80. The molecule has 0 aliphatic rings. The molecule has 8 nitrogen and oxygen atoms in total. The number of carbonyl (C=O) groups is 1. The summed E-state index contributed by atoms with van der Waals surface area (Å²) in [6, 6.07) is 11.2. The summed E-state index contributed by atoms with van der Waals surface area (Å²) in [5, 5.41) is 17.3. The molecule has 0 saturated heterocycles. The maximum atomic E-state index is 12.7. The van der Waals surface area contributed by atoms with Gasteiger partial charge in [-0.05, 0) is 77.0 Å². The van der Waals surface area contributed by atoms with E-state index in [2.05, 4.69) is 35.2 Å². The number of nitrogens with zero attached hydrogens (tertiary/aromatic N) is 3. The van der Waals surface area contributed by atoms with Gasteiger partial charge in [-0.25, -0.2) is 0 Å². The molecule has 3 rings (SSSR count). The van der Waals surface area contributed by atoms with Crippen LogP contribution in [0.3, 0.4) is 0 Å². The van der Waals surface area contributed by atoms with Crippen molar-refractivity contribution in [1.29, 1.82) is 5.26 Å². The lowest BCUT2D eigenvalue weighted by molar-refractivity contribution is -0.116. The molecule has 3 aromatic rings. The lowest BCUT2D eigenvalue weighted by Gasteiger charge is -2.17. The minimum atomic E-state index is -0.109. The molecule has 40 heavy (non-hydrogen) atoms. The maximum Gasteiger partial charge on any atom is 0.224 e. The van der Waals surface area contributed by atoms with Crippen LogP contribution in [-0.2, 0) is 4.79 Å². The Kier molecular flexibility index (Phi) is 11.6. The van der Waals surface area contributed by atoms with Crippen molar-refractivity contribution >= 4 is 45.5 Å². The van der Waals surface area contributed by atoms with E-state index in [0.717, 1.165) is 25.8 Å². The molecular formula is C31H38ClN5O3. The zero-order chi connectivity index (χ0) is 29.1. The molecule has 0 aliphatic carbocycles. The summed E-state index contributed by atoms with van der Waals surface area (Å²) in [5.41, 5.74) is 2.74. The second-order valence-electron chi connectivity index (χ2n) is 9.96. The van der Waals surface area contributed by atoms with Gasteiger partial charge < -0.3 is 25.0 Å². The molecule has 1 heterocycles. The van der Waals surface area contributed by atoms with Crippen molar-refractivity contribution in [3.63, 3.8) is 0 Å². The molecule has 1 atom stereocenters. The number of aromatic nitrogens is 1. The van der Waals surface area contributed by atoms with Crippen molar-refractivity contribution in [2.24, 2.45) is 5.92 Å².